The van der Waals surface area contributed by atoms with E-state index in [0.717, 1.165) is 96.3 Å². The van der Waals surface area contributed by atoms with Crippen molar-refractivity contribution < 1.29 is 9.47 Å². The summed E-state index contributed by atoms with van der Waals surface area (Å²) in [6.45, 7) is 10.2. The first-order chi connectivity index (χ1) is 28.7. The molecule has 0 bridgehead atoms. The first-order valence-electron chi connectivity index (χ1n) is 20.2. The number of amidine groups is 2. The molecule has 5 aromatic carbocycles. The molecule has 0 aliphatic carbocycles. The van der Waals surface area contributed by atoms with Crippen molar-refractivity contribution in [3.8, 4) is 45.5 Å². The lowest BCUT2D eigenvalue weighted by atomic mass is 9.35. The predicted molar refractivity (Wildman–Crippen MR) is 239 cm³/mol. The van der Waals surface area contributed by atoms with E-state index in [1.54, 1.807) is 0 Å². The van der Waals surface area contributed by atoms with Crippen molar-refractivity contribution in [3.05, 3.63) is 163 Å². The van der Waals surface area contributed by atoms with Gasteiger partial charge in [-0.3, -0.25) is 9.98 Å². The number of para-hydroxylation sites is 2. The van der Waals surface area contributed by atoms with Gasteiger partial charge < -0.3 is 19.3 Å². The molecule has 0 amide bonds. The molecule has 11 rings (SSSR count). The fourth-order valence-electron chi connectivity index (χ4n) is 9.06. The number of benzene rings is 5. The minimum absolute atomic E-state index is 0.0700. The third kappa shape index (κ3) is 5.83. The molecule has 7 aromatic rings. The monoisotopic (exact) mass is 768 g/mol. The van der Waals surface area contributed by atoms with E-state index in [-0.39, 0.29) is 17.8 Å². The van der Waals surface area contributed by atoms with Crippen molar-refractivity contribution >= 4 is 46.1 Å². The molecule has 0 N–H and O–H groups in total. The Morgan fingerprint density at radius 1 is 0.458 bits per heavy atom. The summed E-state index contributed by atoms with van der Waals surface area (Å²) in [7, 11) is 0. The van der Waals surface area contributed by atoms with E-state index in [1.807, 2.05) is 42.5 Å². The first kappa shape index (κ1) is 35.2. The van der Waals surface area contributed by atoms with Gasteiger partial charge in [0, 0.05) is 28.0 Å². The van der Waals surface area contributed by atoms with E-state index in [4.69, 9.17) is 29.4 Å². The summed E-state index contributed by atoms with van der Waals surface area (Å²) < 4.78 is 13.4. The molecule has 59 heavy (non-hydrogen) atoms. The fraction of sp³-hybridized carbons (Fsp3) is 0.160. The van der Waals surface area contributed by atoms with E-state index in [1.165, 1.54) is 0 Å². The Bertz CT molecular complexity index is 2680. The number of pyridine rings is 2. The van der Waals surface area contributed by atoms with Gasteiger partial charge in [0.25, 0.3) is 6.71 Å². The standard InChI is InChI=1S/C50H41BN6O2/c1-49(2)30-52-47(56(49)34-14-7-5-8-15-34)40-20-11-18-38(54-40)32-24-26-36-44(28-32)58-42-22-13-23-43-46(42)51(36)37-27-25-33(29-45(37)59-43)39-19-12-21-41(55-39)48-53-31-50(3,4)57(48)35-16-9-6-10-17-35/h5-29H,30-31H2,1-4H3. The molecule has 0 fully saturated rings. The molecular weight excluding hydrogens is 727 g/mol. The molecule has 0 spiro atoms. The maximum absolute atomic E-state index is 6.68. The number of rotatable bonds is 6. The van der Waals surface area contributed by atoms with E-state index >= 15 is 0 Å². The lowest BCUT2D eigenvalue weighted by Gasteiger charge is -2.34. The molecular formula is C50H41BN6O2. The average Bonchev–Trinajstić information content (AvgIpc) is 3.77. The Balaban J connectivity index is 0.930. The van der Waals surface area contributed by atoms with Crippen molar-refractivity contribution in [2.24, 2.45) is 9.98 Å². The minimum Gasteiger partial charge on any atom is -0.458 e. The van der Waals surface area contributed by atoms with Crippen LogP contribution in [0.4, 0.5) is 11.4 Å². The number of anilines is 2. The van der Waals surface area contributed by atoms with E-state index in [0.29, 0.717) is 13.1 Å². The van der Waals surface area contributed by atoms with Gasteiger partial charge in [-0.25, -0.2) is 9.97 Å². The molecule has 2 aromatic heterocycles. The summed E-state index contributed by atoms with van der Waals surface area (Å²) in [5, 5.41) is 0. The van der Waals surface area contributed by atoms with Gasteiger partial charge in [0.15, 0.2) is 11.7 Å². The van der Waals surface area contributed by atoms with Crippen LogP contribution >= 0.6 is 0 Å². The molecule has 0 atom stereocenters. The van der Waals surface area contributed by atoms with Crippen molar-refractivity contribution in [1.29, 1.82) is 0 Å². The van der Waals surface area contributed by atoms with Gasteiger partial charge in [-0.2, -0.15) is 0 Å². The Morgan fingerprint density at radius 2 is 0.881 bits per heavy atom. The summed E-state index contributed by atoms with van der Waals surface area (Å²) in [5.74, 6) is 4.97. The third-order valence-corrected chi connectivity index (χ3v) is 11.8. The van der Waals surface area contributed by atoms with Crippen LogP contribution in [-0.4, -0.2) is 52.5 Å². The van der Waals surface area contributed by atoms with Gasteiger partial charge in [0.1, 0.15) is 34.4 Å². The van der Waals surface area contributed by atoms with Gasteiger partial charge in [-0.1, -0.05) is 78.9 Å². The van der Waals surface area contributed by atoms with Crippen LogP contribution in [0.5, 0.6) is 23.0 Å². The maximum atomic E-state index is 6.68. The van der Waals surface area contributed by atoms with Gasteiger partial charge in [-0.15, -0.1) is 0 Å². The van der Waals surface area contributed by atoms with Gasteiger partial charge in [0.2, 0.25) is 0 Å². The first-order valence-corrected chi connectivity index (χ1v) is 20.2. The summed E-state index contributed by atoms with van der Waals surface area (Å²) in [5.41, 5.74) is 10.4. The molecule has 0 saturated carbocycles. The summed E-state index contributed by atoms with van der Waals surface area (Å²) in [4.78, 5) is 25.0. The number of nitrogens with zero attached hydrogens (tertiary/aromatic N) is 6. The number of ether oxygens (including phenoxy) is 2. The highest BCUT2D eigenvalue weighted by Crippen LogP contribution is 2.38. The topological polar surface area (TPSA) is 75.4 Å². The molecule has 6 heterocycles. The number of hydrogen-bond donors (Lipinski definition) is 0. The third-order valence-electron chi connectivity index (χ3n) is 11.8. The Hall–Kier alpha value is -7.00. The lowest BCUT2D eigenvalue weighted by molar-refractivity contribution is 0.464. The summed E-state index contributed by atoms with van der Waals surface area (Å²) in [6, 6.07) is 52.2. The second-order valence-corrected chi connectivity index (χ2v) is 16.9. The van der Waals surface area contributed by atoms with Crippen molar-refractivity contribution in [1.82, 2.24) is 9.97 Å². The lowest BCUT2D eigenvalue weighted by Crippen LogP contribution is -2.57. The van der Waals surface area contributed by atoms with Crippen LogP contribution in [0.15, 0.2) is 162 Å². The normalized spacial score (nSPS) is 16.6. The molecule has 286 valence electrons. The Labute approximate surface area is 344 Å². The van der Waals surface area contributed by atoms with Crippen LogP contribution in [0.3, 0.4) is 0 Å². The summed E-state index contributed by atoms with van der Waals surface area (Å²) in [6.07, 6.45) is 0. The van der Waals surface area contributed by atoms with E-state index in [2.05, 4.69) is 147 Å². The quantitative estimate of drug-likeness (QED) is 0.158. The highest BCUT2D eigenvalue weighted by atomic mass is 16.5. The predicted octanol–water partition coefficient (Wildman–Crippen LogP) is 8.63. The van der Waals surface area contributed by atoms with Crippen molar-refractivity contribution in [3.63, 3.8) is 0 Å². The van der Waals surface area contributed by atoms with Crippen LogP contribution in [0.25, 0.3) is 22.5 Å². The molecule has 4 aliphatic rings. The minimum atomic E-state index is -0.172. The zero-order valence-electron chi connectivity index (χ0n) is 33.4. The summed E-state index contributed by atoms with van der Waals surface area (Å²) >= 11 is 0. The van der Waals surface area contributed by atoms with Gasteiger partial charge in [0.05, 0.1) is 35.6 Å². The molecule has 4 aliphatic heterocycles. The van der Waals surface area contributed by atoms with Crippen molar-refractivity contribution in [2.75, 3.05) is 22.9 Å². The zero-order chi connectivity index (χ0) is 39.9. The Kier molecular flexibility index (Phi) is 7.92. The highest BCUT2D eigenvalue weighted by Gasteiger charge is 2.41. The van der Waals surface area contributed by atoms with Crippen LogP contribution < -0.4 is 35.7 Å². The highest BCUT2D eigenvalue weighted by molar-refractivity contribution is 6.98. The van der Waals surface area contributed by atoms with E-state index < -0.39 is 0 Å². The second kappa shape index (κ2) is 13.3. The smallest absolute Gasteiger partial charge is 0.260 e. The number of aliphatic imine (C=N–C) groups is 2. The Morgan fingerprint density at radius 3 is 1.34 bits per heavy atom. The fourth-order valence-corrected chi connectivity index (χ4v) is 9.06. The molecule has 0 saturated heterocycles. The molecule has 0 unspecified atom stereocenters. The molecule has 8 nitrogen and oxygen atoms in total. The van der Waals surface area contributed by atoms with Crippen LogP contribution in [-0.2, 0) is 0 Å². The number of hydrogen-bond acceptors (Lipinski definition) is 8. The van der Waals surface area contributed by atoms with Crippen LogP contribution in [0, 0.1) is 0 Å². The van der Waals surface area contributed by atoms with Crippen molar-refractivity contribution in [2.45, 2.75) is 38.8 Å². The van der Waals surface area contributed by atoms with E-state index in [9.17, 15) is 0 Å². The van der Waals surface area contributed by atoms with Gasteiger partial charge >= 0.3 is 0 Å². The molecule has 0 radical (unpaired) electrons. The second-order valence-electron chi connectivity index (χ2n) is 16.9. The van der Waals surface area contributed by atoms with Crippen LogP contribution in [0.1, 0.15) is 39.1 Å². The largest absolute Gasteiger partial charge is 0.458 e. The number of fused-ring (bicyclic) bond motifs is 4. The maximum Gasteiger partial charge on any atom is 0.260 e. The average molecular weight is 769 g/mol. The van der Waals surface area contributed by atoms with Crippen LogP contribution in [0.2, 0.25) is 0 Å². The SMILES string of the molecule is CC1(C)CN=C(c2cccc(-c3ccc4c(c3)Oc3cccc5c3B4c3ccc(-c4cccc(C6=NCC(C)(C)N6c6ccccc6)n4)cc3O5)n2)N1c1ccccc1. The molecule has 9 heteroatoms. The zero-order valence-corrected chi connectivity index (χ0v) is 33.4. The number of aromatic nitrogens is 2. The van der Waals surface area contributed by atoms with Gasteiger partial charge in [-0.05, 0) is 111 Å².